The van der Waals surface area contributed by atoms with Gasteiger partial charge in [-0.05, 0) is 12.0 Å². The largest absolute Gasteiger partial charge is 0.364 e. The normalized spacial score (nSPS) is 11.7. The molecular formula is C12H12N4OS. The van der Waals surface area contributed by atoms with Crippen LogP contribution in [0, 0.1) is 0 Å². The summed E-state index contributed by atoms with van der Waals surface area (Å²) in [5, 5.41) is 0. The van der Waals surface area contributed by atoms with E-state index in [9.17, 15) is 4.79 Å². The van der Waals surface area contributed by atoms with E-state index in [2.05, 4.69) is 23.8 Å². The first-order chi connectivity index (χ1) is 8.56. The van der Waals surface area contributed by atoms with E-state index in [-0.39, 0.29) is 5.69 Å². The first-order valence-corrected chi connectivity index (χ1v) is 6.45. The Labute approximate surface area is 107 Å². The van der Waals surface area contributed by atoms with Crippen molar-refractivity contribution in [2.24, 2.45) is 5.73 Å². The number of pyridine rings is 1. The molecule has 0 spiro atoms. The van der Waals surface area contributed by atoms with Crippen molar-refractivity contribution in [2.45, 2.75) is 19.8 Å². The fourth-order valence-corrected chi connectivity index (χ4v) is 2.85. The fourth-order valence-electron chi connectivity index (χ4n) is 1.83. The molecule has 0 aliphatic heterocycles. The van der Waals surface area contributed by atoms with Gasteiger partial charge < -0.3 is 5.73 Å². The lowest BCUT2D eigenvalue weighted by atomic mass is 10.2. The lowest BCUT2D eigenvalue weighted by molar-refractivity contribution is 0.0996. The van der Waals surface area contributed by atoms with Crippen LogP contribution in [0.5, 0.6) is 0 Å². The number of rotatable bonds is 2. The SMILES string of the molecule is CC(C)c1cn2c(n1)sc1cc(C(N)=O)ncc12. The van der Waals surface area contributed by atoms with E-state index in [1.807, 2.05) is 10.6 Å². The van der Waals surface area contributed by atoms with Crippen molar-refractivity contribution in [1.82, 2.24) is 14.4 Å². The van der Waals surface area contributed by atoms with Crippen LogP contribution in [0.2, 0.25) is 0 Å². The molecule has 0 aliphatic rings. The van der Waals surface area contributed by atoms with Crippen LogP contribution in [0.4, 0.5) is 0 Å². The van der Waals surface area contributed by atoms with Gasteiger partial charge in [-0.3, -0.25) is 9.20 Å². The molecule has 2 N–H and O–H groups in total. The minimum atomic E-state index is -0.509. The lowest BCUT2D eigenvalue weighted by Gasteiger charge is -1.97. The van der Waals surface area contributed by atoms with E-state index >= 15 is 0 Å². The molecule has 3 heterocycles. The van der Waals surface area contributed by atoms with Crippen molar-refractivity contribution in [3.8, 4) is 0 Å². The molecule has 0 aliphatic carbocycles. The van der Waals surface area contributed by atoms with Gasteiger partial charge in [0.25, 0.3) is 5.91 Å². The standard InChI is InChI=1S/C12H12N4OS/c1-6(2)8-5-16-9-4-14-7(11(13)17)3-10(9)18-12(16)15-8/h3-6H,1-2H3,(H2,13,17). The molecule has 0 unspecified atom stereocenters. The fraction of sp³-hybridized carbons (Fsp3) is 0.250. The molecule has 0 bridgehead atoms. The second-order valence-corrected chi connectivity index (χ2v) is 5.49. The van der Waals surface area contributed by atoms with Crippen LogP contribution in [-0.4, -0.2) is 20.3 Å². The molecule has 0 fully saturated rings. The average molecular weight is 260 g/mol. The molecule has 0 atom stereocenters. The molecule has 0 radical (unpaired) electrons. The zero-order valence-corrected chi connectivity index (χ0v) is 10.9. The highest BCUT2D eigenvalue weighted by atomic mass is 32.1. The number of nitrogens with zero attached hydrogens (tertiary/aromatic N) is 3. The summed E-state index contributed by atoms with van der Waals surface area (Å²) >= 11 is 1.54. The van der Waals surface area contributed by atoms with E-state index in [1.165, 1.54) is 11.3 Å². The lowest BCUT2D eigenvalue weighted by Crippen LogP contribution is -2.12. The molecule has 18 heavy (non-hydrogen) atoms. The summed E-state index contributed by atoms with van der Waals surface area (Å²) < 4.78 is 2.98. The number of primary amides is 1. The zero-order valence-electron chi connectivity index (χ0n) is 10.0. The van der Waals surface area contributed by atoms with Crippen molar-refractivity contribution in [2.75, 3.05) is 0 Å². The number of aromatic nitrogens is 3. The van der Waals surface area contributed by atoms with Crippen LogP contribution >= 0.6 is 11.3 Å². The van der Waals surface area contributed by atoms with E-state index in [1.54, 1.807) is 12.3 Å². The second-order valence-electron chi connectivity index (χ2n) is 4.48. The molecule has 0 saturated carbocycles. The van der Waals surface area contributed by atoms with Gasteiger partial charge in [0.1, 0.15) is 5.69 Å². The van der Waals surface area contributed by atoms with Gasteiger partial charge in [0.2, 0.25) is 0 Å². The predicted molar refractivity (Wildman–Crippen MR) is 71.0 cm³/mol. The Morgan fingerprint density at radius 3 is 2.94 bits per heavy atom. The number of nitrogens with two attached hydrogens (primary N) is 1. The topological polar surface area (TPSA) is 73.3 Å². The Morgan fingerprint density at radius 1 is 1.50 bits per heavy atom. The highest BCUT2D eigenvalue weighted by Gasteiger charge is 2.12. The Hall–Kier alpha value is -1.95. The van der Waals surface area contributed by atoms with E-state index in [0.29, 0.717) is 5.92 Å². The van der Waals surface area contributed by atoms with Crippen molar-refractivity contribution >= 4 is 32.4 Å². The number of fused-ring (bicyclic) bond motifs is 3. The van der Waals surface area contributed by atoms with E-state index in [0.717, 1.165) is 20.9 Å². The first-order valence-electron chi connectivity index (χ1n) is 5.63. The minimum absolute atomic E-state index is 0.288. The van der Waals surface area contributed by atoms with Gasteiger partial charge in [0.15, 0.2) is 4.96 Å². The van der Waals surface area contributed by atoms with E-state index < -0.39 is 5.91 Å². The van der Waals surface area contributed by atoms with Crippen molar-refractivity contribution in [3.05, 3.63) is 29.8 Å². The molecule has 5 nitrogen and oxygen atoms in total. The number of hydrogen-bond donors (Lipinski definition) is 1. The summed E-state index contributed by atoms with van der Waals surface area (Å²) in [4.78, 5) is 20.6. The third-order valence-corrected chi connectivity index (χ3v) is 3.86. The molecule has 0 aromatic carbocycles. The maximum absolute atomic E-state index is 11.1. The number of amides is 1. The number of hydrogen-bond acceptors (Lipinski definition) is 4. The number of imidazole rings is 1. The van der Waals surface area contributed by atoms with E-state index in [4.69, 9.17) is 5.73 Å². The van der Waals surface area contributed by atoms with Gasteiger partial charge in [-0.2, -0.15) is 0 Å². The number of thiazole rings is 1. The van der Waals surface area contributed by atoms with Crippen LogP contribution in [0.1, 0.15) is 35.9 Å². The molecule has 92 valence electrons. The Kier molecular flexibility index (Phi) is 2.34. The average Bonchev–Trinajstić information content (AvgIpc) is 2.84. The summed E-state index contributed by atoms with van der Waals surface area (Å²) in [5.41, 5.74) is 7.52. The molecular weight excluding hydrogens is 248 g/mol. The smallest absolute Gasteiger partial charge is 0.267 e. The molecule has 6 heteroatoms. The van der Waals surface area contributed by atoms with Crippen LogP contribution in [0.15, 0.2) is 18.5 Å². The Balaban J connectivity index is 2.26. The number of carbonyl (C=O) groups excluding carboxylic acids is 1. The molecule has 3 aromatic heterocycles. The van der Waals surface area contributed by atoms with Gasteiger partial charge in [-0.25, -0.2) is 9.97 Å². The maximum atomic E-state index is 11.1. The third-order valence-electron chi connectivity index (χ3n) is 2.84. The van der Waals surface area contributed by atoms with Crippen molar-refractivity contribution < 1.29 is 4.79 Å². The predicted octanol–water partition coefficient (Wildman–Crippen LogP) is 2.17. The van der Waals surface area contributed by atoms with Crippen LogP contribution in [0.3, 0.4) is 0 Å². The molecule has 3 rings (SSSR count). The minimum Gasteiger partial charge on any atom is -0.364 e. The summed E-state index contributed by atoms with van der Waals surface area (Å²) in [5.74, 6) is -0.115. The summed E-state index contributed by atoms with van der Waals surface area (Å²) in [6.45, 7) is 4.22. The monoisotopic (exact) mass is 260 g/mol. The summed E-state index contributed by atoms with van der Waals surface area (Å²) in [6, 6.07) is 1.71. The quantitative estimate of drug-likeness (QED) is 0.767. The van der Waals surface area contributed by atoms with Crippen molar-refractivity contribution in [1.29, 1.82) is 0 Å². The van der Waals surface area contributed by atoms with Gasteiger partial charge in [0, 0.05) is 6.20 Å². The van der Waals surface area contributed by atoms with Gasteiger partial charge in [0.05, 0.1) is 22.1 Å². The Morgan fingerprint density at radius 2 is 2.28 bits per heavy atom. The summed E-state index contributed by atoms with van der Waals surface area (Å²) in [6.07, 6.45) is 3.69. The van der Waals surface area contributed by atoms with Crippen LogP contribution < -0.4 is 5.73 Å². The highest BCUT2D eigenvalue weighted by molar-refractivity contribution is 7.23. The van der Waals surface area contributed by atoms with Gasteiger partial charge >= 0.3 is 0 Å². The Bertz CT molecular complexity index is 756. The van der Waals surface area contributed by atoms with Crippen LogP contribution in [0.25, 0.3) is 15.2 Å². The van der Waals surface area contributed by atoms with Gasteiger partial charge in [-0.1, -0.05) is 25.2 Å². The van der Waals surface area contributed by atoms with Gasteiger partial charge in [-0.15, -0.1) is 0 Å². The zero-order chi connectivity index (χ0) is 12.9. The maximum Gasteiger partial charge on any atom is 0.267 e. The number of carbonyl (C=O) groups is 1. The van der Waals surface area contributed by atoms with Crippen LogP contribution in [-0.2, 0) is 0 Å². The highest BCUT2D eigenvalue weighted by Crippen LogP contribution is 2.27. The van der Waals surface area contributed by atoms with Crippen molar-refractivity contribution in [3.63, 3.8) is 0 Å². The molecule has 3 aromatic rings. The molecule has 1 amide bonds. The molecule has 0 saturated heterocycles. The first kappa shape index (κ1) is 11.2. The second kappa shape index (κ2) is 3.78. The summed E-state index contributed by atoms with van der Waals surface area (Å²) in [7, 11) is 0. The third kappa shape index (κ3) is 1.57.